The molecule has 0 saturated heterocycles. The van der Waals surface area contributed by atoms with E-state index in [9.17, 15) is 13.6 Å². The average Bonchev–Trinajstić information content (AvgIpc) is 2.31. The first-order valence-electron chi connectivity index (χ1n) is 5.63. The molecule has 90 valence electrons. The number of halogens is 2. The highest BCUT2D eigenvalue weighted by Gasteiger charge is 2.11. The molecule has 0 heterocycles. The quantitative estimate of drug-likeness (QED) is 0.699. The van der Waals surface area contributed by atoms with Crippen LogP contribution in [0.2, 0.25) is 0 Å². The van der Waals surface area contributed by atoms with Crippen LogP contribution < -0.4 is 0 Å². The zero-order valence-electron chi connectivity index (χ0n) is 10.0. The zero-order valence-corrected chi connectivity index (χ0v) is 10.0. The second-order valence-corrected chi connectivity index (χ2v) is 3.15. The number of benzene rings is 1. The summed E-state index contributed by atoms with van der Waals surface area (Å²) in [6.07, 6.45) is 1.84. The highest BCUT2D eigenvalue weighted by molar-refractivity contribution is 5.96. The van der Waals surface area contributed by atoms with Crippen LogP contribution in [0.15, 0.2) is 18.2 Å². The minimum Gasteiger partial charge on any atom is -0.294 e. The third-order valence-electron chi connectivity index (χ3n) is 1.99. The van der Waals surface area contributed by atoms with Crippen LogP contribution in [0.5, 0.6) is 0 Å². The van der Waals surface area contributed by atoms with Gasteiger partial charge in [0.25, 0.3) is 0 Å². The van der Waals surface area contributed by atoms with Crippen LogP contribution in [0.3, 0.4) is 0 Å². The van der Waals surface area contributed by atoms with Crippen LogP contribution in [0.1, 0.15) is 50.4 Å². The molecular formula is C13H18F2O. The topological polar surface area (TPSA) is 17.1 Å². The lowest BCUT2D eigenvalue weighted by Gasteiger charge is -2.01. The third-order valence-corrected chi connectivity index (χ3v) is 1.99. The van der Waals surface area contributed by atoms with Crippen LogP contribution in [0.4, 0.5) is 8.78 Å². The summed E-state index contributed by atoms with van der Waals surface area (Å²) >= 11 is 0. The minimum absolute atomic E-state index is 0.140. The van der Waals surface area contributed by atoms with E-state index < -0.39 is 11.6 Å². The van der Waals surface area contributed by atoms with Gasteiger partial charge in [-0.15, -0.1) is 0 Å². The van der Waals surface area contributed by atoms with E-state index in [2.05, 4.69) is 0 Å². The SMILES string of the molecule is CC.CCCCC(=O)c1cc(F)ccc1F. The number of Topliss-reactive ketones (excluding diaryl/α,β-unsaturated/α-hetero) is 1. The first-order chi connectivity index (χ1) is 7.65. The minimum atomic E-state index is -0.646. The largest absolute Gasteiger partial charge is 0.294 e. The number of rotatable bonds is 4. The Hall–Kier alpha value is -1.25. The van der Waals surface area contributed by atoms with Gasteiger partial charge in [-0.25, -0.2) is 8.78 Å². The van der Waals surface area contributed by atoms with E-state index in [1.165, 1.54) is 0 Å². The molecule has 0 amide bonds. The molecule has 0 radical (unpaired) electrons. The highest BCUT2D eigenvalue weighted by Crippen LogP contribution is 2.13. The van der Waals surface area contributed by atoms with E-state index in [4.69, 9.17) is 0 Å². The smallest absolute Gasteiger partial charge is 0.165 e. The number of carbonyl (C=O) groups is 1. The van der Waals surface area contributed by atoms with E-state index >= 15 is 0 Å². The molecule has 0 bridgehead atoms. The molecular weight excluding hydrogens is 210 g/mol. The van der Waals surface area contributed by atoms with Crippen LogP contribution >= 0.6 is 0 Å². The predicted molar refractivity (Wildman–Crippen MR) is 61.6 cm³/mol. The molecule has 1 rings (SSSR count). The normalized spacial score (nSPS) is 9.31. The summed E-state index contributed by atoms with van der Waals surface area (Å²) in [6.45, 7) is 5.94. The molecule has 1 nitrogen and oxygen atoms in total. The van der Waals surface area contributed by atoms with Crippen LogP contribution in [0.25, 0.3) is 0 Å². The predicted octanol–water partition coefficient (Wildman–Crippen LogP) is 4.36. The van der Waals surface area contributed by atoms with Crippen LogP contribution in [0, 0.1) is 11.6 Å². The van der Waals surface area contributed by atoms with Crippen molar-refractivity contribution in [3.05, 3.63) is 35.4 Å². The molecule has 1 aromatic rings. The maximum Gasteiger partial charge on any atom is 0.165 e. The molecule has 0 aliphatic heterocycles. The van der Waals surface area contributed by atoms with Gasteiger partial charge in [-0.3, -0.25) is 4.79 Å². The van der Waals surface area contributed by atoms with Gasteiger partial charge in [-0.1, -0.05) is 27.2 Å². The number of unbranched alkanes of at least 4 members (excludes halogenated alkanes) is 1. The number of hydrogen-bond acceptors (Lipinski definition) is 1. The van der Waals surface area contributed by atoms with E-state index in [1.807, 2.05) is 20.8 Å². The Labute approximate surface area is 95.5 Å². The maximum absolute atomic E-state index is 13.1. The Morgan fingerprint density at radius 2 is 1.88 bits per heavy atom. The van der Waals surface area contributed by atoms with Gasteiger partial charge < -0.3 is 0 Å². The van der Waals surface area contributed by atoms with Crippen molar-refractivity contribution in [1.82, 2.24) is 0 Å². The number of carbonyl (C=O) groups excluding carboxylic acids is 1. The van der Waals surface area contributed by atoms with Crippen molar-refractivity contribution in [3.63, 3.8) is 0 Å². The van der Waals surface area contributed by atoms with Crippen molar-refractivity contribution in [2.45, 2.75) is 40.0 Å². The van der Waals surface area contributed by atoms with E-state index in [0.717, 1.165) is 24.6 Å². The molecule has 0 aliphatic carbocycles. The van der Waals surface area contributed by atoms with Crippen LogP contribution in [-0.4, -0.2) is 5.78 Å². The van der Waals surface area contributed by atoms with E-state index in [-0.39, 0.29) is 17.8 Å². The standard InChI is InChI=1S/C11H12F2O.C2H6/c1-2-3-4-11(14)9-7-8(12)5-6-10(9)13;1-2/h5-7H,2-4H2,1H3;1-2H3. The summed E-state index contributed by atoms with van der Waals surface area (Å²) in [7, 11) is 0. The van der Waals surface area contributed by atoms with Crippen molar-refractivity contribution < 1.29 is 13.6 Å². The van der Waals surface area contributed by atoms with Crippen molar-refractivity contribution in [3.8, 4) is 0 Å². The molecule has 1 aromatic carbocycles. The van der Waals surface area contributed by atoms with Gasteiger partial charge in [0, 0.05) is 6.42 Å². The molecule has 0 atom stereocenters. The fraction of sp³-hybridized carbons (Fsp3) is 0.462. The van der Waals surface area contributed by atoms with Gasteiger partial charge in [-0.2, -0.15) is 0 Å². The fourth-order valence-corrected chi connectivity index (χ4v) is 1.18. The molecule has 0 N–H and O–H groups in total. The Morgan fingerprint density at radius 1 is 1.25 bits per heavy atom. The fourth-order valence-electron chi connectivity index (χ4n) is 1.18. The van der Waals surface area contributed by atoms with Crippen molar-refractivity contribution in [2.75, 3.05) is 0 Å². The van der Waals surface area contributed by atoms with Gasteiger partial charge in [0.2, 0.25) is 0 Å². The highest BCUT2D eigenvalue weighted by atomic mass is 19.1. The summed E-state index contributed by atoms with van der Waals surface area (Å²) in [4.78, 5) is 11.4. The van der Waals surface area contributed by atoms with Crippen molar-refractivity contribution >= 4 is 5.78 Å². The van der Waals surface area contributed by atoms with Crippen molar-refractivity contribution in [1.29, 1.82) is 0 Å². The van der Waals surface area contributed by atoms with Gasteiger partial charge in [0.05, 0.1) is 5.56 Å². The monoisotopic (exact) mass is 228 g/mol. The first kappa shape index (κ1) is 14.8. The Morgan fingerprint density at radius 3 is 2.44 bits per heavy atom. The first-order valence-corrected chi connectivity index (χ1v) is 5.63. The molecule has 16 heavy (non-hydrogen) atoms. The lowest BCUT2D eigenvalue weighted by molar-refractivity contribution is 0.0975. The number of hydrogen-bond donors (Lipinski definition) is 0. The molecule has 0 spiro atoms. The molecule has 3 heteroatoms. The summed E-state index contributed by atoms with van der Waals surface area (Å²) < 4.78 is 25.8. The van der Waals surface area contributed by atoms with Gasteiger partial charge in [-0.05, 0) is 24.6 Å². The molecule has 0 saturated carbocycles. The summed E-state index contributed by atoms with van der Waals surface area (Å²) in [5, 5.41) is 0. The van der Waals surface area contributed by atoms with Gasteiger partial charge in [0.1, 0.15) is 11.6 Å². The summed E-state index contributed by atoms with van der Waals surface area (Å²) in [6, 6.07) is 2.94. The average molecular weight is 228 g/mol. The Bertz CT molecular complexity index is 335. The lowest BCUT2D eigenvalue weighted by Crippen LogP contribution is -2.02. The Kier molecular flexibility index (Phi) is 7.34. The summed E-state index contributed by atoms with van der Waals surface area (Å²) in [5.74, 6) is -1.55. The summed E-state index contributed by atoms with van der Waals surface area (Å²) in [5.41, 5.74) is -0.140. The third kappa shape index (κ3) is 4.51. The maximum atomic E-state index is 13.1. The molecule has 0 fully saturated rings. The van der Waals surface area contributed by atoms with Gasteiger partial charge in [0.15, 0.2) is 5.78 Å². The molecule has 0 aliphatic rings. The van der Waals surface area contributed by atoms with Crippen molar-refractivity contribution in [2.24, 2.45) is 0 Å². The Balaban J connectivity index is 0.00000106. The van der Waals surface area contributed by atoms with Crippen LogP contribution in [-0.2, 0) is 0 Å². The van der Waals surface area contributed by atoms with Gasteiger partial charge >= 0.3 is 0 Å². The zero-order chi connectivity index (χ0) is 12.6. The number of ketones is 1. The second-order valence-electron chi connectivity index (χ2n) is 3.15. The molecule has 0 aromatic heterocycles. The molecule has 0 unspecified atom stereocenters. The lowest BCUT2D eigenvalue weighted by atomic mass is 10.1. The van der Waals surface area contributed by atoms with E-state index in [0.29, 0.717) is 6.42 Å². The van der Waals surface area contributed by atoms with E-state index in [1.54, 1.807) is 0 Å². The second kappa shape index (κ2) is 7.97.